The largest absolute Gasteiger partial charge is 0.370 e. The third kappa shape index (κ3) is 4.18. The average molecular weight is 376 g/mol. The number of guanidine groups is 1. The molecule has 2 aromatic carbocycles. The van der Waals surface area contributed by atoms with Gasteiger partial charge in [-0.1, -0.05) is 49.7 Å². The molecule has 3 rings (SSSR count). The first-order valence-electron chi connectivity index (χ1n) is 7.61. The predicted octanol–water partition coefficient (Wildman–Crippen LogP) is 4.40. The van der Waals surface area contributed by atoms with Crippen molar-refractivity contribution in [1.82, 2.24) is 9.97 Å². The number of halogens is 2. The van der Waals surface area contributed by atoms with E-state index in [1.807, 2.05) is 24.3 Å². The van der Waals surface area contributed by atoms with Crippen LogP contribution in [0.4, 0.5) is 5.95 Å². The van der Waals surface area contributed by atoms with Gasteiger partial charge in [0.05, 0.1) is 11.2 Å². The van der Waals surface area contributed by atoms with Crippen molar-refractivity contribution < 1.29 is 0 Å². The summed E-state index contributed by atoms with van der Waals surface area (Å²) in [6, 6.07) is 13.7. The Morgan fingerprint density at radius 2 is 1.72 bits per heavy atom. The summed E-state index contributed by atoms with van der Waals surface area (Å²) in [7, 11) is 0. The molecule has 5 nitrogen and oxygen atoms in total. The van der Waals surface area contributed by atoms with E-state index in [1.165, 1.54) is 5.56 Å². The molecule has 0 saturated heterocycles. The van der Waals surface area contributed by atoms with Gasteiger partial charge in [0, 0.05) is 16.0 Å². The molecule has 1 aromatic heterocycles. The summed E-state index contributed by atoms with van der Waals surface area (Å²) >= 11 is 6.15. The number of benzene rings is 2. The number of nitrogens with zero attached hydrogens (tertiary/aromatic N) is 3. The summed E-state index contributed by atoms with van der Waals surface area (Å²) in [4.78, 5) is 12.9. The smallest absolute Gasteiger partial charge is 0.253 e. The molecule has 0 spiro atoms. The number of rotatable bonds is 3. The highest BCUT2D eigenvalue weighted by molar-refractivity contribution is 6.31. The van der Waals surface area contributed by atoms with Gasteiger partial charge in [-0.3, -0.25) is 0 Å². The van der Waals surface area contributed by atoms with E-state index in [1.54, 1.807) is 6.07 Å². The minimum atomic E-state index is -0.0792. The molecule has 7 heteroatoms. The monoisotopic (exact) mass is 375 g/mol. The van der Waals surface area contributed by atoms with Crippen molar-refractivity contribution in [1.29, 1.82) is 0 Å². The fraction of sp³-hybridized carbons (Fsp3) is 0.167. The lowest BCUT2D eigenvalue weighted by Gasteiger charge is -2.10. The number of fused-ring (bicyclic) bond motifs is 1. The molecular weight excluding hydrogens is 357 g/mol. The van der Waals surface area contributed by atoms with E-state index in [0.29, 0.717) is 10.9 Å². The average Bonchev–Trinajstić information content (AvgIpc) is 2.54. The van der Waals surface area contributed by atoms with E-state index in [4.69, 9.17) is 23.1 Å². The van der Waals surface area contributed by atoms with Gasteiger partial charge in [-0.25, -0.2) is 9.97 Å². The molecule has 0 aliphatic rings. The highest BCUT2D eigenvalue weighted by atomic mass is 35.5. The normalized spacial score (nSPS) is 10.6. The zero-order valence-electron chi connectivity index (χ0n) is 13.9. The molecule has 1 heterocycles. The maximum Gasteiger partial charge on any atom is 0.253 e. The van der Waals surface area contributed by atoms with Crippen LogP contribution in [0.1, 0.15) is 25.3 Å². The Bertz CT molecular complexity index is 917. The fourth-order valence-corrected chi connectivity index (χ4v) is 2.67. The minimum absolute atomic E-state index is 0. The second kappa shape index (κ2) is 7.68. The molecule has 0 aliphatic heterocycles. The molecule has 0 saturated carbocycles. The fourth-order valence-electron chi connectivity index (χ4n) is 2.50. The van der Waals surface area contributed by atoms with Crippen LogP contribution in [0.2, 0.25) is 5.02 Å². The molecular formula is C18H19Cl2N5. The number of hydrogen-bond donors (Lipinski definition) is 2. The Labute approximate surface area is 157 Å². The van der Waals surface area contributed by atoms with E-state index < -0.39 is 0 Å². The maximum absolute atomic E-state index is 6.15. The van der Waals surface area contributed by atoms with Crippen LogP contribution in [0.25, 0.3) is 22.2 Å². The molecule has 3 aromatic rings. The molecule has 4 N–H and O–H groups in total. The molecule has 130 valence electrons. The van der Waals surface area contributed by atoms with Crippen molar-refractivity contribution >= 4 is 46.8 Å². The molecule has 0 fully saturated rings. The van der Waals surface area contributed by atoms with Crippen molar-refractivity contribution in [3.05, 3.63) is 53.1 Å². The lowest BCUT2D eigenvalue weighted by molar-refractivity contribution is 0.867. The Morgan fingerprint density at radius 3 is 2.32 bits per heavy atom. The van der Waals surface area contributed by atoms with Gasteiger partial charge in [0.25, 0.3) is 5.95 Å². The SMILES string of the molecule is CC(C)c1ccc(-c2nc(N=C(N)N)nc3ccc(Cl)cc23)cc1.Cl. The first-order valence-corrected chi connectivity index (χ1v) is 7.99. The summed E-state index contributed by atoms with van der Waals surface area (Å²) < 4.78 is 0. The first kappa shape index (κ1) is 19.0. The second-order valence-corrected chi connectivity index (χ2v) is 6.28. The first-order chi connectivity index (χ1) is 11.4. The van der Waals surface area contributed by atoms with Crippen LogP contribution < -0.4 is 11.5 Å². The van der Waals surface area contributed by atoms with E-state index >= 15 is 0 Å². The van der Waals surface area contributed by atoms with E-state index in [9.17, 15) is 0 Å². The summed E-state index contributed by atoms with van der Waals surface area (Å²) in [6.07, 6.45) is 0. The molecule has 0 amide bonds. The van der Waals surface area contributed by atoms with E-state index in [-0.39, 0.29) is 24.3 Å². The van der Waals surface area contributed by atoms with Gasteiger partial charge in [-0.15, -0.1) is 12.4 Å². The summed E-state index contributed by atoms with van der Waals surface area (Å²) in [5.74, 6) is 0.616. The Hall–Kier alpha value is -2.37. The topological polar surface area (TPSA) is 90.2 Å². The number of aromatic nitrogens is 2. The van der Waals surface area contributed by atoms with Crippen molar-refractivity contribution in [2.45, 2.75) is 19.8 Å². The molecule has 0 bridgehead atoms. The van der Waals surface area contributed by atoms with Gasteiger partial charge in [-0.05, 0) is 29.7 Å². The third-order valence-corrected chi connectivity index (χ3v) is 3.96. The van der Waals surface area contributed by atoms with Crippen molar-refractivity contribution in [3.8, 4) is 11.3 Å². The van der Waals surface area contributed by atoms with Crippen LogP contribution in [0.5, 0.6) is 0 Å². The Balaban J connectivity index is 0.00000225. The molecule has 0 aliphatic carbocycles. The van der Waals surface area contributed by atoms with Crippen LogP contribution in [0.3, 0.4) is 0 Å². The van der Waals surface area contributed by atoms with Crippen molar-refractivity contribution in [3.63, 3.8) is 0 Å². The van der Waals surface area contributed by atoms with E-state index in [0.717, 1.165) is 22.2 Å². The Morgan fingerprint density at radius 1 is 1.04 bits per heavy atom. The highest BCUT2D eigenvalue weighted by Gasteiger charge is 2.11. The standard InChI is InChI=1S/C18H18ClN5.ClH/c1-10(2)11-3-5-12(6-4-11)16-14-9-13(19)7-8-15(14)22-18(23-16)24-17(20)21;/h3-10H,1-2H3,(H4,20,21,22,23,24);1H. The van der Waals surface area contributed by atoms with Crippen LogP contribution in [0, 0.1) is 0 Å². The summed E-state index contributed by atoms with van der Waals surface area (Å²) in [5.41, 5.74) is 14.6. The summed E-state index contributed by atoms with van der Waals surface area (Å²) in [5, 5.41) is 1.48. The lowest BCUT2D eigenvalue weighted by atomic mass is 9.99. The van der Waals surface area contributed by atoms with Gasteiger partial charge in [0.15, 0.2) is 5.96 Å². The van der Waals surface area contributed by atoms with E-state index in [2.05, 4.69) is 40.9 Å². The van der Waals surface area contributed by atoms with Crippen LogP contribution >= 0.6 is 24.0 Å². The number of nitrogens with two attached hydrogens (primary N) is 2. The molecule has 0 atom stereocenters. The number of aliphatic imine (C=N–C) groups is 1. The zero-order chi connectivity index (χ0) is 17.3. The van der Waals surface area contributed by atoms with Gasteiger partial charge in [-0.2, -0.15) is 4.99 Å². The van der Waals surface area contributed by atoms with Crippen molar-refractivity contribution in [2.24, 2.45) is 16.5 Å². The lowest BCUT2D eigenvalue weighted by Crippen LogP contribution is -2.22. The van der Waals surface area contributed by atoms with Gasteiger partial charge in [0.1, 0.15) is 0 Å². The second-order valence-electron chi connectivity index (χ2n) is 5.85. The van der Waals surface area contributed by atoms with Crippen LogP contribution in [-0.4, -0.2) is 15.9 Å². The minimum Gasteiger partial charge on any atom is -0.370 e. The van der Waals surface area contributed by atoms with Gasteiger partial charge >= 0.3 is 0 Å². The maximum atomic E-state index is 6.15. The van der Waals surface area contributed by atoms with Gasteiger partial charge in [0.2, 0.25) is 0 Å². The highest BCUT2D eigenvalue weighted by Crippen LogP contribution is 2.30. The Kier molecular flexibility index (Phi) is 5.82. The molecule has 0 radical (unpaired) electrons. The zero-order valence-corrected chi connectivity index (χ0v) is 15.5. The number of hydrogen-bond acceptors (Lipinski definition) is 3. The van der Waals surface area contributed by atoms with Crippen molar-refractivity contribution in [2.75, 3.05) is 0 Å². The molecule has 25 heavy (non-hydrogen) atoms. The van der Waals surface area contributed by atoms with Gasteiger partial charge < -0.3 is 11.5 Å². The van der Waals surface area contributed by atoms with Crippen LogP contribution in [-0.2, 0) is 0 Å². The molecule has 0 unspecified atom stereocenters. The summed E-state index contributed by atoms with van der Waals surface area (Å²) in [6.45, 7) is 4.32. The predicted molar refractivity (Wildman–Crippen MR) is 107 cm³/mol. The quantitative estimate of drug-likeness (QED) is 0.524. The van der Waals surface area contributed by atoms with Crippen LogP contribution in [0.15, 0.2) is 47.5 Å². The third-order valence-electron chi connectivity index (χ3n) is 3.73.